The topological polar surface area (TPSA) is 52.4 Å². The summed E-state index contributed by atoms with van der Waals surface area (Å²) in [6.07, 6.45) is 4.05. The van der Waals surface area contributed by atoms with Gasteiger partial charge in [-0.15, -0.1) is 0 Å². The first-order chi connectivity index (χ1) is 13.7. The Kier molecular flexibility index (Phi) is 5.69. The Labute approximate surface area is 165 Å². The molecule has 3 heterocycles. The van der Waals surface area contributed by atoms with E-state index in [1.54, 1.807) is 7.11 Å². The van der Waals surface area contributed by atoms with Gasteiger partial charge in [-0.3, -0.25) is 14.6 Å². The second-order valence-electron chi connectivity index (χ2n) is 6.98. The van der Waals surface area contributed by atoms with Crippen molar-refractivity contribution in [2.24, 2.45) is 0 Å². The molecule has 0 N–H and O–H groups in total. The fourth-order valence-electron chi connectivity index (χ4n) is 3.50. The van der Waals surface area contributed by atoms with Gasteiger partial charge in [-0.1, -0.05) is 6.07 Å². The fourth-order valence-corrected chi connectivity index (χ4v) is 3.50. The van der Waals surface area contributed by atoms with Crippen LogP contribution in [-0.4, -0.2) is 46.5 Å². The zero-order valence-corrected chi connectivity index (χ0v) is 16.4. The predicted octanol–water partition coefficient (Wildman–Crippen LogP) is 3.55. The second kappa shape index (κ2) is 8.54. The second-order valence-corrected chi connectivity index (χ2v) is 6.98. The summed E-state index contributed by atoms with van der Waals surface area (Å²) in [6.45, 7) is 6.35. The van der Waals surface area contributed by atoms with E-state index < -0.39 is 0 Å². The van der Waals surface area contributed by atoms with Crippen molar-refractivity contribution in [1.82, 2.24) is 19.7 Å². The minimum Gasteiger partial charge on any atom is -0.497 e. The highest BCUT2D eigenvalue weighted by molar-refractivity contribution is 5.60. The van der Waals surface area contributed by atoms with Crippen LogP contribution in [0.2, 0.25) is 0 Å². The number of aromatic nitrogens is 3. The lowest BCUT2D eigenvalue weighted by Crippen LogP contribution is -2.38. The highest BCUT2D eigenvalue weighted by Crippen LogP contribution is 2.26. The average molecular weight is 378 g/mol. The zero-order chi connectivity index (χ0) is 19.3. The van der Waals surface area contributed by atoms with Crippen LogP contribution in [0, 0.1) is 0 Å². The highest BCUT2D eigenvalue weighted by Gasteiger charge is 2.23. The molecule has 2 aromatic heterocycles. The van der Waals surface area contributed by atoms with Gasteiger partial charge in [0.25, 0.3) is 0 Å². The number of rotatable bonds is 6. The maximum atomic E-state index is 6.04. The molecular weight excluding hydrogens is 352 g/mol. The number of methoxy groups -OCH3 is 1. The Morgan fingerprint density at radius 1 is 1.18 bits per heavy atom. The van der Waals surface area contributed by atoms with E-state index in [1.807, 2.05) is 41.2 Å². The number of aryl methyl sites for hydroxylation is 1. The van der Waals surface area contributed by atoms with Crippen LogP contribution in [0.5, 0.6) is 5.75 Å². The molecule has 1 fully saturated rings. The molecule has 28 heavy (non-hydrogen) atoms. The van der Waals surface area contributed by atoms with Gasteiger partial charge in [0.05, 0.1) is 31.3 Å². The van der Waals surface area contributed by atoms with E-state index in [0.29, 0.717) is 6.61 Å². The highest BCUT2D eigenvalue weighted by atomic mass is 16.5. The molecule has 0 aliphatic carbocycles. The summed E-state index contributed by atoms with van der Waals surface area (Å²) >= 11 is 0. The molecule has 1 saturated heterocycles. The van der Waals surface area contributed by atoms with E-state index in [-0.39, 0.29) is 6.10 Å². The largest absolute Gasteiger partial charge is 0.497 e. The van der Waals surface area contributed by atoms with E-state index in [1.165, 1.54) is 5.56 Å². The molecular formula is C22H26N4O2. The van der Waals surface area contributed by atoms with Crippen molar-refractivity contribution in [2.45, 2.75) is 26.1 Å². The Morgan fingerprint density at radius 2 is 2.04 bits per heavy atom. The van der Waals surface area contributed by atoms with Gasteiger partial charge in [-0.25, -0.2) is 0 Å². The summed E-state index contributed by atoms with van der Waals surface area (Å²) < 4.78 is 13.2. The van der Waals surface area contributed by atoms with Crippen molar-refractivity contribution >= 4 is 0 Å². The first-order valence-electron chi connectivity index (χ1n) is 9.72. The quantitative estimate of drug-likeness (QED) is 0.657. The molecule has 6 heteroatoms. The Morgan fingerprint density at radius 3 is 2.79 bits per heavy atom. The molecule has 0 spiro atoms. The summed E-state index contributed by atoms with van der Waals surface area (Å²) in [7, 11) is 1.67. The normalized spacial score (nSPS) is 17.6. The van der Waals surface area contributed by atoms with Crippen molar-refractivity contribution in [3.63, 3.8) is 0 Å². The number of benzene rings is 1. The summed E-state index contributed by atoms with van der Waals surface area (Å²) in [6, 6.07) is 14.1. The molecule has 3 aromatic rings. The van der Waals surface area contributed by atoms with E-state index in [0.717, 1.165) is 48.9 Å². The number of hydrogen-bond donors (Lipinski definition) is 0. The SMILES string of the molecule is CCn1cc(CN2CCO[C@H](c3cccc(-c4ccc(OC)cc4)n3)C2)cn1. The molecule has 0 radical (unpaired) electrons. The smallest absolute Gasteiger partial charge is 0.118 e. The molecule has 0 unspecified atom stereocenters. The predicted molar refractivity (Wildman–Crippen MR) is 108 cm³/mol. The third kappa shape index (κ3) is 4.24. The van der Waals surface area contributed by atoms with Crippen LogP contribution < -0.4 is 4.74 Å². The van der Waals surface area contributed by atoms with Gasteiger partial charge in [-0.2, -0.15) is 5.10 Å². The van der Waals surface area contributed by atoms with Crippen molar-refractivity contribution < 1.29 is 9.47 Å². The molecule has 0 saturated carbocycles. The summed E-state index contributed by atoms with van der Waals surface area (Å²) in [5.74, 6) is 0.845. The summed E-state index contributed by atoms with van der Waals surface area (Å²) in [5, 5.41) is 4.37. The van der Waals surface area contributed by atoms with E-state index in [9.17, 15) is 0 Å². The zero-order valence-electron chi connectivity index (χ0n) is 16.4. The van der Waals surface area contributed by atoms with Crippen LogP contribution in [0.15, 0.2) is 54.9 Å². The van der Waals surface area contributed by atoms with Gasteiger partial charge in [-0.05, 0) is 43.3 Å². The van der Waals surface area contributed by atoms with Crippen molar-refractivity contribution in [3.8, 4) is 17.0 Å². The van der Waals surface area contributed by atoms with Crippen LogP contribution in [0.25, 0.3) is 11.3 Å². The minimum atomic E-state index is -0.0202. The van der Waals surface area contributed by atoms with Crippen molar-refractivity contribution in [3.05, 3.63) is 66.1 Å². The summed E-state index contributed by atoms with van der Waals surface area (Å²) in [4.78, 5) is 7.28. The maximum absolute atomic E-state index is 6.04. The average Bonchev–Trinajstić information content (AvgIpc) is 3.21. The lowest BCUT2D eigenvalue weighted by molar-refractivity contribution is -0.0349. The van der Waals surface area contributed by atoms with E-state index in [2.05, 4.69) is 35.3 Å². The number of morpholine rings is 1. The number of ether oxygens (including phenoxy) is 2. The van der Waals surface area contributed by atoms with E-state index >= 15 is 0 Å². The van der Waals surface area contributed by atoms with Crippen LogP contribution in [0.3, 0.4) is 0 Å². The van der Waals surface area contributed by atoms with E-state index in [4.69, 9.17) is 14.5 Å². The van der Waals surface area contributed by atoms with Gasteiger partial charge in [0, 0.05) is 43.5 Å². The Bertz CT molecular complexity index is 907. The summed E-state index contributed by atoms with van der Waals surface area (Å²) in [5.41, 5.74) is 4.23. The molecule has 0 amide bonds. The molecule has 1 aliphatic rings. The molecule has 1 aliphatic heterocycles. The molecule has 1 atom stereocenters. The molecule has 6 nitrogen and oxygen atoms in total. The van der Waals surface area contributed by atoms with Gasteiger partial charge in [0.15, 0.2) is 0 Å². The van der Waals surface area contributed by atoms with Gasteiger partial charge in [0.1, 0.15) is 11.9 Å². The van der Waals surface area contributed by atoms with Gasteiger partial charge >= 0.3 is 0 Å². The van der Waals surface area contributed by atoms with Crippen LogP contribution >= 0.6 is 0 Å². The van der Waals surface area contributed by atoms with Crippen molar-refractivity contribution in [1.29, 1.82) is 0 Å². The van der Waals surface area contributed by atoms with Crippen molar-refractivity contribution in [2.75, 3.05) is 26.8 Å². The van der Waals surface area contributed by atoms with Gasteiger partial charge < -0.3 is 9.47 Å². The maximum Gasteiger partial charge on any atom is 0.118 e. The lowest BCUT2D eigenvalue weighted by atomic mass is 10.1. The Balaban J connectivity index is 1.47. The molecule has 1 aromatic carbocycles. The number of pyridine rings is 1. The monoisotopic (exact) mass is 378 g/mol. The van der Waals surface area contributed by atoms with Crippen LogP contribution in [0.4, 0.5) is 0 Å². The first-order valence-corrected chi connectivity index (χ1v) is 9.72. The first kappa shape index (κ1) is 18.7. The van der Waals surface area contributed by atoms with Crippen LogP contribution in [-0.2, 0) is 17.8 Å². The fraction of sp³-hybridized carbons (Fsp3) is 0.364. The molecule has 146 valence electrons. The standard InChI is InChI=1S/C22H26N4O2/c1-3-26-15-17(13-23-26)14-25-11-12-28-22(16-25)21-6-4-5-20(24-21)18-7-9-19(27-2)10-8-18/h4-10,13,15,22H,3,11-12,14,16H2,1-2H3/t22-/m0/s1. The Hall–Kier alpha value is -2.70. The van der Waals surface area contributed by atoms with Crippen LogP contribution in [0.1, 0.15) is 24.3 Å². The lowest BCUT2D eigenvalue weighted by Gasteiger charge is -2.32. The number of nitrogens with zero attached hydrogens (tertiary/aromatic N) is 4. The van der Waals surface area contributed by atoms with Gasteiger partial charge in [0.2, 0.25) is 0 Å². The third-order valence-electron chi connectivity index (χ3n) is 5.05. The minimum absolute atomic E-state index is 0.0202. The third-order valence-corrected chi connectivity index (χ3v) is 5.05. The number of hydrogen-bond acceptors (Lipinski definition) is 5. The molecule has 0 bridgehead atoms. The molecule has 4 rings (SSSR count).